The van der Waals surface area contributed by atoms with Crippen molar-refractivity contribution in [2.45, 2.75) is 26.6 Å². The Morgan fingerprint density at radius 3 is 2.51 bits per heavy atom. The van der Waals surface area contributed by atoms with Crippen molar-refractivity contribution >= 4 is 22.6 Å². The smallest absolute Gasteiger partial charge is 0.284 e. The number of fused-ring (bicyclic) bond motifs is 1. The molecule has 39 heavy (non-hydrogen) atoms. The van der Waals surface area contributed by atoms with E-state index in [4.69, 9.17) is 9.47 Å². The van der Waals surface area contributed by atoms with Crippen LogP contribution in [0.3, 0.4) is 0 Å². The summed E-state index contributed by atoms with van der Waals surface area (Å²) >= 11 is 0. The van der Waals surface area contributed by atoms with Gasteiger partial charge in [-0.1, -0.05) is 18.2 Å². The topological polar surface area (TPSA) is 100 Å². The Kier molecular flexibility index (Phi) is 7.09. The highest BCUT2D eigenvalue weighted by molar-refractivity contribution is 6.04. The number of halogens is 1. The number of methoxy groups -OCH3 is 1. The van der Waals surface area contributed by atoms with Crippen LogP contribution < -0.4 is 20.3 Å². The molecule has 1 amide bonds. The Balaban J connectivity index is 1.38. The summed E-state index contributed by atoms with van der Waals surface area (Å²) in [7, 11) is 1.59. The van der Waals surface area contributed by atoms with E-state index in [0.717, 1.165) is 5.39 Å². The molecule has 0 aliphatic carbocycles. The molecule has 3 aromatic heterocycles. The van der Waals surface area contributed by atoms with Gasteiger partial charge in [0.25, 0.3) is 11.5 Å². The maximum atomic E-state index is 14.0. The fourth-order valence-electron chi connectivity index (χ4n) is 4.33. The molecule has 0 radical (unpaired) electrons. The van der Waals surface area contributed by atoms with Crippen LogP contribution in [0.1, 0.15) is 23.0 Å². The van der Waals surface area contributed by atoms with Crippen molar-refractivity contribution in [3.63, 3.8) is 0 Å². The van der Waals surface area contributed by atoms with Crippen LogP contribution in [0.2, 0.25) is 0 Å². The van der Waals surface area contributed by atoms with Crippen molar-refractivity contribution in [1.82, 2.24) is 19.3 Å². The number of alkyl halides is 1. The summed E-state index contributed by atoms with van der Waals surface area (Å²) in [4.78, 5) is 35.2. The SMILES string of the molecule is COc1ccc2c(Oc3ccc(NC(=O)c4c(C)n(C[C@@H](C)F)n(-c5ccccc5)c4=O)nc3)ccnc2c1. The molecule has 0 spiro atoms. The third-order valence-electron chi connectivity index (χ3n) is 6.16. The summed E-state index contributed by atoms with van der Waals surface area (Å²) in [5.74, 6) is 1.31. The number of nitrogens with zero attached hydrogens (tertiary/aromatic N) is 4. The monoisotopic (exact) mass is 527 g/mol. The van der Waals surface area contributed by atoms with Gasteiger partial charge in [-0.25, -0.2) is 14.1 Å². The lowest BCUT2D eigenvalue weighted by Gasteiger charge is -2.14. The lowest BCUT2D eigenvalue weighted by molar-refractivity contribution is 0.102. The number of aromatic nitrogens is 4. The Hall–Kier alpha value is -4.99. The average molecular weight is 528 g/mol. The number of anilines is 1. The molecule has 10 heteroatoms. The Labute approximate surface area is 223 Å². The molecule has 5 aromatic rings. The molecule has 5 rings (SSSR count). The Morgan fingerprint density at radius 2 is 1.82 bits per heavy atom. The van der Waals surface area contributed by atoms with Crippen LogP contribution in [-0.4, -0.2) is 38.5 Å². The minimum absolute atomic E-state index is 0.0794. The number of hydrogen-bond acceptors (Lipinski definition) is 6. The number of amides is 1. The number of ether oxygens (including phenoxy) is 2. The third-order valence-corrected chi connectivity index (χ3v) is 6.16. The quantitative estimate of drug-likeness (QED) is 0.294. The van der Waals surface area contributed by atoms with E-state index in [9.17, 15) is 14.0 Å². The zero-order valence-electron chi connectivity index (χ0n) is 21.6. The van der Waals surface area contributed by atoms with Gasteiger partial charge in [-0.2, -0.15) is 0 Å². The van der Waals surface area contributed by atoms with Crippen molar-refractivity contribution in [1.29, 1.82) is 0 Å². The summed E-state index contributed by atoms with van der Waals surface area (Å²) in [5, 5.41) is 3.47. The first-order valence-corrected chi connectivity index (χ1v) is 12.3. The van der Waals surface area contributed by atoms with Gasteiger partial charge in [-0.15, -0.1) is 0 Å². The predicted octanol–water partition coefficient (Wildman–Crippen LogP) is 5.30. The van der Waals surface area contributed by atoms with Crippen LogP contribution in [0, 0.1) is 6.92 Å². The predicted molar refractivity (Wildman–Crippen MR) is 146 cm³/mol. The van der Waals surface area contributed by atoms with Gasteiger partial charge in [-0.05, 0) is 56.3 Å². The number of carbonyl (C=O) groups is 1. The van der Waals surface area contributed by atoms with Gasteiger partial charge in [0.2, 0.25) is 0 Å². The first-order valence-electron chi connectivity index (χ1n) is 12.3. The molecule has 0 aliphatic rings. The van der Waals surface area contributed by atoms with Gasteiger partial charge in [-0.3, -0.25) is 19.3 Å². The molecule has 0 bridgehead atoms. The van der Waals surface area contributed by atoms with Crippen molar-refractivity contribution in [2.75, 3.05) is 12.4 Å². The molecule has 3 heterocycles. The molecular formula is C29H26FN5O4. The van der Waals surface area contributed by atoms with Crippen LogP contribution in [0.15, 0.2) is 83.9 Å². The van der Waals surface area contributed by atoms with Crippen LogP contribution >= 0.6 is 0 Å². The highest BCUT2D eigenvalue weighted by Gasteiger charge is 2.25. The van der Waals surface area contributed by atoms with Gasteiger partial charge in [0.1, 0.15) is 34.8 Å². The number of rotatable bonds is 8. The Bertz CT molecular complexity index is 1700. The van der Waals surface area contributed by atoms with Gasteiger partial charge in [0, 0.05) is 17.6 Å². The second kappa shape index (κ2) is 10.8. The number of benzene rings is 2. The summed E-state index contributed by atoms with van der Waals surface area (Å²) in [5.41, 5.74) is 0.978. The fourth-order valence-corrected chi connectivity index (χ4v) is 4.33. The van der Waals surface area contributed by atoms with E-state index >= 15 is 0 Å². The lowest BCUT2D eigenvalue weighted by Crippen LogP contribution is -2.27. The highest BCUT2D eigenvalue weighted by atomic mass is 19.1. The van der Waals surface area contributed by atoms with E-state index in [2.05, 4.69) is 15.3 Å². The molecule has 0 aliphatic heterocycles. The summed E-state index contributed by atoms with van der Waals surface area (Å²) < 4.78 is 28.1. The van der Waals surface area contributed by atoms with E-state index in [1.54, 1.807) is 62.7 Å². The zero-order chi connectivity index (χ0) is 27.5. The number of nitrogens with one attached hydrogen (secondary N) is 1. The van der Waals surface area contributed by atoms with E-state index in [0.29, 0.717) is 34.1 Å². The maximum Gasteiger partial charge on any atom is 0.284 e. The summed E-state index contributed by atoms with van der Waals surface area (Å²) in [6.07, 6.45) is 1.88. The van der Waals surface area contributed by atoms with Gasteiger partial charge in [0.15, 0.2) is 0 Å². The van der Waals surface area contributed by atoms with E-state index < -0.39 is 17.6 Å². The normalized spacial score (nSPS) is 11.8. The first-order chi connectivity index (χ1) is 18.9. The molecule has 0 unspecified atom stereocenters. The average Bonchev–Trinajstić information content (AvgIpc) is 3.18. The molecule has 9 nitrogen and oxygen atoms in total. The molecule has 198 valence electrons. The zero-order valence-corrected chi connectivity index (χ0v) is 21.6. The minimum atomic E-state index is -1.23. The van der Waals surface area contributed by atoms with Crippen LogP contribution in [0.25, 0.3) is 16.6 Å². The lowest BCUT2D eigenvalue weighted by atomic mass is 10.2. The third kappa shape index (κ3) is 5.22. The fraction of sp³-hybridized carbons (Fsp3) is 0.172. The van der Waals surface area contributed by atoms with E-state index in [-0.39, 0.29) is 17.9 Å². The van der Waals surface area contributed by atoms with Crippen LogP contribution in [-0.2, 0) is 6.54 Å². The second-order valence-electron chi connectivity index (χ2n) is 8.90. The molecule has 2 aromatic carbocycles. The minimum Gasteiger partial charge on any atom is -0.497 e. The number of carbonyl (C=O) groups excluding carboxylic acids is 1. The van der Waals surface area contributed by atoms with Gasteiger partial charge < -0.3 is 14.8 Å². The molecule has 0 saturated heterocycles. The maximum absolute atomic E-state index is 14.0. The molecule has 0 fully saturated rings. The number of hydrogen-bond donors (Lipinski definition) is 1. The van der Waals surface area contributed by atoms with Crippen LogP contribution in [0.4, 0.5) is 10.2 Å². The molecule has 0 saturated carbocycles. The van der Waals surface area contributed by atoms with Gasteiger partial charge in [0.05, 0.1) is 36.7 Å². The molecule has 1 atom stereocenters. The van der Waals surface area contributed by atoms with Crippen molar-refractivity contribution in [3.8, 4) is 22.9 Å². The van der Waals surface area contributed by atoms with Crippen LogP contribution in [0.5, 0.6) is 17.2 Å². The summed E-state index contributed by atoms with van der Waals surface area (Å²) in [6, 6.07) is 19.3. The summed E-state index contributed by atoms with van der Waals surface area (Å²) in [6.45, 7) is 2.94. The van der Waals surface area contributed by atoms with Crippen molar-refractivity contribution in [3.05, 3.63) is 101 Å². The van der Waals surface area contributed by atoms with Crippen molar-refractivity contribution in [2.24, 2.45) is 0 Å². The number of para-hydroxylation sites is 1. The second-order valence-corrected chi connectivity index (χ2v) is 8.90. The van der Waals surface area contributed by atoms with E-state index in [1.807, 2.05) is 24.3 Å². The first kappa shape index (κ1) is 25.7. The van der Waals surface area contributed by atoms with E-state index in [1.165, 1.54) is 22.5 Å². The molecule has 1 N–H and O–H groups in total. The Morgan fingerprint density at radius 1 is 1.05 bits per heavy atom. The van der Waals surface area contributed by atoms with Crippen molar-refractivity contribution < 1.29 is 18.7 Å². The largest absolute Gasteiger partial charge is 0.497 e. The number of pyridine rings is 2. The standard InChI is InChI=1S/C29H26FN5O4/c1-18(30)17-34-19(2)27(29(37)35(34)20-7-5-4-6-8-20)28(36)33-26-12-10-22(16-32-26)39-25-13-14-31-24-15-21(38-3)9-11-23(24)25/h4-16,18H,17H2,1-3H3,(H,32,33,36)/t18-/m1/s1. The van der Waals surface area contributed by atoms with Gasteiger partial charge >= 0.3 is 0 Å². The molecular weight excluding hydrogens is 501 g/mol. The highest BCUT2D eigenvalue weighted by Crippen LogP contribution is 2.30.